The first-order valence-corrected chi connectivity index (χ1v) is 8.84. The van der Waals surface area contributed by atoms with Gasteiger partial charge in [-0.2, -0.15) is 0 Å². The summed E-state index contributed by atoms with van der Waals surface area (Å²) in [4.78, 5) is 26.0. The lowest BCUT2D eigenvalue weighted by Gasteiger charge is -2.21. The molecule has 134 valence electrons. The number of amides is 2. The van der Waals surface area contributed by atoms with E-state index in [1.807, 2.05) is 18.2 Å². The maximum absolute atomic E-state index is 12.3. The Hall–Kier alpha value is -2.79. The molecule has 0 aromatic heterocycles. The van der Waals surface area contributed by atoms with E-state index in [1.165, 1.54) is 6.08 Å². The third-order valence-corrected chi connectivity index (χ3v) is 4.53. The summed E-state index contributed by atoms with van der Waals surface area (Å²) in [6.07, 6.45) is 5.38. The highest BCUT2D eigenvalue weighted by Gasteiger charge is 2.17. The summed E-state index contributed by atoms with van der Waals surface area (Å²) in [7, 11) is 0. The lowest BCUT2D eigenvalue weighted by atomic mass is 10.1. The van der Waals surface area contributed by atoms with Gasteiger partial charge in [-0.15, -0.1) is 0 Å². The van der Waals surface area contributed by atoms with Crippen LogP contribution in [-0.2, 0) is 4.79 Å². The largest absolute Gasteiger partial charge is 0.370 e. The van der Waals surface area contributed by atoms with E-state index in [0.29, 0.717) is 16.3 Å². The molecule has 26 heavy (non-hydrogen) atoms. The summed E-state index contributed by atoms with van der Waals surface area (Å²) in [5, 5.41) is 3.51. The molecule has 1 saturated heterocycles. The summed E-state index contributed by atoms with van der Waals surface area (Å²) in [6, 6.07) is 12.3. The van der Waals surface area contributed by atoms with Gasteiger partial charge < -0.3 is 16.0 Å². The second kappa shape index (κ2) is 8.06. The lowest BCUT2D eigenvalue weighted by Crippen LogP contribution is -2.21. The van der Waals surface area contributed by atoms with Crippen molar-refractivity contribution in [3.63, 3.8) is 0 Å². The van der Waals surface area contributed by atoms with E-state index >= 15 is 0 Å². The predicted octanol–water partition coefficient (Wildman–Crippen LogP) is 3.69. The van der Waals surface area contributed by atoms with Crippen molar-refractivity contribution >= 4 is 40.9 Å². The Morgan fingerprint density at radius 1 is 1.08 bits per heavy atom. The number of carbonyl (C=O) groups is 2. The summed E-state index contributed by atoms with van der Waals surface area (Å²) in [5.41, 5.74) is 8.11. The second-order valence-electron chi connectivity index (χ2n) is 6.16. The quantitative estimate of drug-likeness (QED) is 0.789. The minimum absolute atomic E-state index is 0.276. The number of primary amides is 1. The third kappa shape index (κ3) is 4.43. The maximum atomic E-state index is 12.3. The molecule has 0 radical (unpaired) electrons. The number of benzene rings is 2. The number of hydrogen-bond donors (Lipinski definition) is 2. The van der Waals surface area contributed by atoms with Crippen LogP contribution >= 0.6 is 11.6 Å². The monoisotopic (exact) mass is 369 g/mol. The third-order valence-electron chi connectivity index (χ3n) is 4.28. The second-order valence-corrected chi connectivity index (χ2v) is 6.60. The van der Waals surface area contributed by atoms with Crippen molar-refractivity contribution in [1.82, 2.24) is 0 Å². The van der Waals surface area contributed by atoms with Crippen LogP contribution in [0.25, 0.3) is 6.08 Å². The molecule has 0 unspecified atom stereocenters. The van der Waals surface area contributed by atoms with Gasteiger partial charge in [0.1, 0.15) is 0 Å². The molecule has 1 heterocycles. The van der Waals surface area contributed by atoms with E-state index in [2.05, 4.69) is 10.2 Å². The van der Waals surface area contributed by atoms with Gasteiger partial charge in [0.2, 0.25) is 11.8 Å². The normalized spacial score (nSPS) is 14.0. The van der Waals surface area contributed by atoms with Crippen LogP contribution in [0, 0.1) is 0 Å². The van der Waals surface area contributed by atoms with Crippen molar-refractivity contribution in [2.45, 2.75) is 12.8 Å². The molecule has 0 atom stereocenters. The van der Waals surface area contributed by atoms with Gasteiger partial charge in [0.15, 0.2) is 0 Å². The Balaban J connectivity index is 1.79. The number of rotatable bonds is 5. The Bertz CT molecular complexity index is 841. The fourth-order valence-corrected chi connectivity index (χ4v) is 3.07. The fourth-order valence-electron chi connectivity index (χ4n) is 2.94. The van der Waals surface area contributed by atoms with Gasteiger partial charge in [0.05, 0.1) is 11.4 Å². The Labute approximate surface area is 157 Å². The predicted molar refractivity (Wildman–Crippen MR) is 106 cm³/mol. The van der Waals surface area contributed by atoms with Crippen LogP contribution in [0.5, 0.6) is 0 Å². The van der Waals surface area contributed by atoms with Crippen LogP contribution in [0.3, 0.4) is 0 Å². The number of nitrogens with one attached hydrogen (secondary N) is 1. The molecule has 1 aliphatic heterocycles. The number of nitrogens with two attached hydrogens (primary N) is 1. The van der Waals surface area contributed by atoms with E-state index in [4.69, 9.17) is 17.3 Å². The summed E-state index contributed by atoms with van der Waals surface area (Å²) >= 11 is 5.86. The first-order chi connectivity index (χ1) is 12.5. The van der Waals surface area contributed by atoms with Gasteiger partial charge in [-0.3, -0.25) is 9.59 Å². The molecule has 0 aliphatic carbocycles. The van der Waals surface area contributed by atoms with Gasteiger partial charge in [-0.25, -0.2) is 0 Å². The number of carbonyl (C=O) groups excluding carboxylic acids is 2. The van der Waals surface area contributed by atoms with Crippen LogP contribution in [-0.4, -0.2) is 24.9 Å². The highest BCUT2D eigenvalue weighted by atomic mass is 35.5. The molecule has 6 heteroatoms. The zero-order valence-electron chi connectivity index (χ0n) is 14.2. The van der Waals surface area contributed by atoms with Crippen molar-refractivity contribution in [2.75, 3.05) is 23.3 Å². The molecule has 0 spiro atoms. The number of anilines is 2. The van der Waals surface area contributed by atoms with E-state index < -0.39 is 5.91 Å². The number of hydrogen-bond acceptors (Lipinski definition) is 3. The van der Waals surface area contributed by atoms with E-state index in [0.717, 1.165) is 37.2 Å². The minimum Gasteiger partial charge on any atom is -0.370 e. The van der Waals surface area contributed by atoms with Crippen LogP contribution < -0.4 is 16.0 Å². The van der Waals surface area contributed by atoms with E-state index in [-0.39, 0.29) is 5.91 Å². The maximum Gasteiger partial charge on any atom is 0.248 e. The Morgan fingerprint density at radius 3 is 2.42 bits per heavy atom. The van der Waals surface area contributed by atoms with Crippen LogP contribution in [0.4, 0.5) is 11.4 Å². The van der Waals surface area contributed by atoms with Gasteiger partial charge in [-0.05, 0) is 54.8 Å². The number of nitrogens with zero attached hydrogens (tertiary/aromatic N) is 1. The topological polar surface area (TPSA) is 75.4 Å². The SMILES string of the molecule is NC(=O)c1ccc(N2CCCC2)c(NC(=O)/C=C/c2ccc(Cl)cc2)c1. The van der Waals surface area contributed by atoms with Gasteiger partial charge >= 0.3 is 0 Å². The average Bonchev–Trinajstić information content (AvgIpc) is 3.15. The summed E-state index contributed by atoms with van der Waals surface area (Å²) < 4.78 is 0. The van der Waals surface area contributed by atoms with Crippen molar-refractivity contribution in [3.05, 3.63) is 64.7 Å². The highest BCUT2D eigenvalue weighted by Crippen LogP contribution is 2.30. The first-order valence-electron chi connectivity index (χ1n) is 8.46. The molecule has 1 aliphatic rings. The molecule has 0 saturated carbocycles. The van der Waals surface area contributed by atoms with Crippen LogP contribution in [0.1, 0.15) is 28.8 Å². The fraction of sp³-hybridized carbons (Fsp3) is 0.200. The minimum atomic E-state index is -0.523. The molecule has 3 N–H and O–H groups in total. The molecule has 0 bridgehead atoms. The van der Waals surface area contributed by atoms with Crippen molar-refractivity contribution in [3.8, 4) is 0 Å². The van der Waals surface area contributed by atoms with E-state index in [1.54, 1.807) is 30.3 Å². The van der Waals surface area contributed by atoms with Crippen molar-refractivity contribution < 1.29 is 9.59 Å². The van der Waals surface area contributed by atoms with Gasteiger partial charge in [0, 0.05) is 29.8 Å². The van der Waals surface area contributed by atoms with Gasteiger partial charge in [0.25, 0.3) is 0 Å². The number of halogens is 1. The molecule has 2 aromatic carbocycles. The zero-order chi connectivity index (χ0) is 18.5. The zero-order valence-corrected chi connectivity index (χ0v) is 15.0. The van der Waals surface area contributed by atoms with Crippen LogP contribution in [0.15, 0.2) is 48.5 Å². The first kappa shape index (κ1) is 18.0. The summed E-state index contributed by atoms with van der Waals surface area (Å²) in [6.45, 7) is 1.86. The van der Waals surface area contributed by atoms with Crippen molar-refractivity contribution in [2.24, 2.45) is 5.73 Å². The standard InChI is InChI=1S/C20H20ClN3O2/c21-16-7-3-14(4-8-16)5-10-19(25)23-17-13-15(20(22)26)6-9-18(17)24-11-1-2-12-24/h3-10,13H,1-2,11-12H2,(H2,22,26)(H,23,25)/b10-5+. The van der Waals surface area contributed by atoms with Gasteiger partial charge in [-0.1, -0.05) is 23.7 Å². The average molecular weight is 370 g/mol. The Kier molecular flexibility index (Phi) is 5.58. The molecular formula is C20H20ClN3O2. The molecule has 2 aromatic rings. The molecule has 1 fully saturated rings. The molecule has 3 rings (SSSR count). The summed E-state index contributed by atoms with van der Waals surface area (Å²) in [5.74, 6) is -0.799. The Morgan fingerprint density at radius 2 is 1.77 bits per heavy atom. The smallest absolute Gasteiger partial charge is 0.248 e. The highest BCUT2D eigenvalue weighted by molar-refractivity contribution is 6.30. The van der Waals surface area contributed by atoms with Crippen molar-refractivity contribution in [1.29, 1.82) is 0 Å². The van der Waals surface area contributed by atoms with E-state index in [9.17, 15) is 9.59 Å². The lowest BCUT2D eigenvalue weighted by molar-refractivity contribution is -0.111. The molecule has 2 amide bonds. The molecular weight excluding hydrogens is 350 g/mol. The molecule has 5 nitrogen and oxygen atoms in total. The van der Waals surface area contributed by atoms with Crippen LogP contribution in [0.2, 0.25) is 5.02 Å².